The van der Waals surface area contributed by atoms with Gasteiger partial charge in [0.25, 0.3) is 5.56 Å². The summed E-state index contributed by atoms with van der Waals surface area (Å²) in [5.41, 5.74) is -0.257. The van der Waals surface area contributed by atoms with E-state index >= 15 is 0 Å². The minimum absolute atomic E-state index is 0.00343. The van der Waals surface area contributed by atoms with Crippen LogP contribution in [0.2, 0.25) is 0 Å². The van der Waals surface area contributed by atoms with Gasteiger partial charge < -0.3 is 19.9 Å². The molecule has 11 heteroatoms. The van der Waals surface area contributed by atoms with Gasteiger partial charge in [-0.25, -0.2) is 0 Å². The predicted molar refractivity (Wildman–Crippen MR) is 97.9 cm³/mol. The van der Waals surface area contributed by atoms with E-state index in [1.54, 1.807) is 13.8 Å². The van der Waals surface area contributed by atoms with E-state index in [0.29, 0.717) is 0 Å². The molecule has 2 heterocycles. The molecule has 3 N–H and O–H groups in total. The smallest absolute Gasteiger partial charge is 0.301 e. The van der Waals surface area contributed by atoms with Crippen LogP contribution in [0, 0.1) is 10.1 Å². The van der Waals surface area contributed by atoms with Crippen molar-refractivity contribution in [2.24, 2.45) is 0 Å². The standard InChI is InChI=1S/C17H20N4O7/c1-7(2)20-15-12(16(23)19-20)11(13(21(25)26)17(24)18-15)8-5-9(27-3)14(22)10(6-8)28-4/h5-7,11,13,22H,1-4H3,(H,18,24)(H,19,23)/t11-,13+/m0/s1. The van der Waals surface area contributed by atoms with Gasteiger partial charge in [0.15, 0.2) is 11.5 Å². The highest BCUT2D eigenvalue weighted by molar-refractivity contribution is 5.98. The molecular formula is C17H20N4O7. The van der Waals surface area contributed by atoms with Gasteiger partial charge in [-0.3, -0.25) is 29.5 Å². The van der Waals surface area contributed by atoms with Gasteiger partial charge in [-0.05, 0) is 31.5 Å². The van der Waals surface area contributed by atoms with E-state index in [9.17, 15) is 24.8 Å². The third kappa shape index (κ3) is 2.84. The maximum Gasteiger partial charge on any atom is 0.301 e. The highest BCUT2D eigenvalue weighted by Crippen LogP contribution is 2.44. The van der Waals surface area contributed by atoms with Crippen molar-refractivity contribution in [3.05, 3.63) is 43.7 Å². The molecule has 0 radical (unpaired) electrons. The number of H-pyrrole nitrogens is 1. The topological polar surface area (TPSA) is 149 Å². The van der Waals surface area contributed by atoms with Crippen molar-refractivity contribution in [2.75, 3.05) is 19.5 Å². The van der Waals surface area contributed by atoms with Crippen LogP contribution in [0.25, 0.3) is 0 Å². The Bertz CT molecular complexity index is 982. The number of ether oxygens (including phenoxy) is 2. The zero-order chi connectivity index (χ0) is 20.7. The molecule has 0 aliphatic carbocycles. The first-order chi connectivity index (χ1) is 13.2. The maximum atomic E-state index is 12.7. The minimum Gasteiger partial charge on any atom is -0.502 e. The van der Waals surface area contributed by atoms with Crippen molar-refractivity contribution in [1.29, 1.82) is 0 Å². The molecule has 1 aliphatic rings. The predicted octanol–water partition coefficient (Wildman–Crippen LogP) is 1.21. The van der Waals surface area contributed by atoms with E-state index in [2.05, 4.69) is 10.4 Å². The molecule has 1 aliphatic heterocycles. The molecule has 0 saturated heterocycles. The lowest BCUT2D eigenvalue weighted by atomic mass is 9.83. The van der Waals surface area contributed by atoms with Crippen LogP contribution in [-0.2, 0) is 4.79 Å². The number of carbonyl (C=O) groups is 1. The lowest BCUT2D eigenvalue weighted by Gasteiger charge is -2.27. The Kier molecular flexibility index (Phi) is 4.75. The summed E-state index contributed by atoms with van der Waals surface area (Å²) >= 11 is 0. The molecular weight excluding hydrogens is 372 g/mol. The van der Waals surface area contributed by atoms with Crippen molar-refractivity contribution in [3.8, 4) is 17.2 Å². The monoisotopic (exact) mass is 392 g/mol. The van der Waals surface area contributed by atoms with Crippen molar-refractivity contribution < 1.29 is 24.3 Å². The largest absolute Gasteiger partial charge is 0.502 e. The molecule has 2 aromatic rings. The Morgan fingerprint density at radius 1 is 1.21 bits per heavy atom. The Hall–Kier alpha value is -3.50. The van der Waals surface area contributed by atoms with Crippen LogP contribution >= 0.6 is 0 Å². The van der Waals surface area contributed by atoms with Gasteiger partial charge in [-0.2, -0.15) is 0 Å². The molecule has 0 saturated carbocycles. The molecule has 1 amide bonds. The SMILES string of the molecule is COc1cc([C@H]2c3c(n(C(C)C)[nH]c3=O)NC(=O)[C@@H]2[N+](=O)[O-])cc(OC)c1O. The van der Waals surface area contributed by atoms with Crippen LogP contribution in [0.3, 0.4) is 0 Å². The van der Waals surface area contributed by atoms with Crippen molar-refractivity contribution in [1.82, 2.24) is 9.78 Å². The fraction of sp³-hybridized carbons (Fsp3) is 0.412. The molecule has 2 atom stereocenters. The number of methoxy groups -OCH3 is 2. The first-order valence-corrected chi connectivity index (χ1v) is 8.44. The number of benzene rings is 1. The van der Waals surface area contributed by atoms with Crippen LogP contribution in [-0.4, -0.2) is 46.0 Å². The van der Waals surface area contributed by atoms with Crippen molar-refractivity contribution in [2.45, 2.75) is 31.8 Å². The summed E-state index contributed by atoms with van der Waals surface area (Å²) in [5.74, 6) is -2.15. The first kappa shape index (κ1) is 19.3. The quantitative estimate of drug-likeness (QED) is 0.511. The van der Waals surface area contributed by atoms with Crippen molar-refractivity contribution in [3.63, 3.8) is 0 Å². The zero-order valence-corrected chi connectivity index (χ0v) is 15.7. The number of amides is 1. The fourth-order valence-electron chi connectivity index (χ4n) is 3.43. The summed E-state index contributed by atoms with van der Waals surface area (Å²) in [7, 11) is 2.62. The number of anilines is 1. The van der Waals surface area contributed by atoms with E-state index in [0.717, 1.165) is 0 Å². The second-order valence-corrected chi connectivity index (χ2v) is 6.64. The number of phenols is 1. The number of nitrogens with one attached hydrogen (secondary N) is 2. The highest BCUT2D eigenvalue weighted by atomic mass is 16.6. The maximum absolute atomic E-state index is 12.7. The van der Waals surface area contributed by atoms with E-state index in [-0.39, 0.29) is 40.2 Å². The van der Waals surface area contributed by atoms with E-state index in [1.165, 1.54) is 31.0 Å². The molecule has 0 unspecified atom stereocenters. The summed E-state index contributed by atoms with van der Waals surface area (Å²) in [4.78, 5) is 36.2. The van der Waals surface area contributed by atoms with Gasteiger partial charge >= 0.3 is 11.9 Å². The van der Waals surface area contributed by atoms with Gasteiger partial charge in [0, 0.05) is 11.0 Å². The summed E-state index contributed by atoms with van der Waals surface area (Å²) in [6.45, 7) is 3.59. The van der Waals surface area contributed by atoms with Crippen molar-refractivity contribution >= 4 is 11.7 Å². The summed E-state index contributed by atoms with van der Waals surface area (Å²) in [6.07, 6.45) is 0. The Morgan fingerprint density at radius 3 is 2.25 bits per heavy atom. The molecule has 0 bridgehead atoms. The number of nitro groups is 1. The number of aromatic nitrogens is 2. The third-order valence-electron chi connectivity index (χ3n) is 4.70. The molecule has 3 rings (SSSR count). The molecule has 1 aromatic heterocycles. The Morgan fingerprint density at radius 2 is 1.79 bits per heavy atom. The number of aromatic hydroxyl groups is 1. The fourth-order valence-corrected chi connectivity index (χ4v) is 3.43. The van der Waals surface area contributed by atoms with Crippen LogP contribution in [0.4, 0.5) is 5.82 Å². The number of hydrogen-bond acceptors (Lipinski definition) is 7. The molecule has 0 fully saturated rings. The number of carbonyl (C=O) groups excluding carboxylic acids is 1. The highest BCUT2D eigenvalue weighted by Gasteiger charge is 2.49. The minimum atomic E-state index is -1.74. The third-order valence-corrected chi connectivity index (χ3v) is 4.70. The number of nitrogens with zero attached hydrogens (tertiary/aromatic N) is 2. The first-order valence-electron chi connectivity index (χ1n) is 8.44. The summed E-state index contributed by atoms with van der Waals surface area (Å²) in [6, 6.07) is 0.769. The number of phenolic OH excluding ortho intramolecular Hbond substituents is 1. The van der Waals surface area contributed by atoms with Gasteiger partial charge in [-0.1, -0.05) is 0 Å². The lowest BCUT2D eigenvalue weighted by molar-refractivity contribution is -0.509. The average Bonchev–Trinajstić information content (AvgIpc) is 2.97. The lowest BCUT2D eigenvalue weighted by Crippen LogP contribution is -2.45. The molecule has 150 valence electrons. The Labute approximate surface area is 159 Å². The van der Waals surface area contributed by atoms with Crippen LogP contribution in [0.5, 0.6) is 17.2 Å². The second-order valence-electron chi connectivity index (χ2n) is 6.64. The van der Waals surface area contributed by atoms with Gasteiger partial charge in [0.1, 0.15) is 5.82 Å². The van der Waals surface area contributed by atoms with Crippen LogP contribution in [0.15, 0.2) is 16.9 Å². The number of aromatic amines is 1. The van der Waals surface area contributed by atoms with Gasteiger partial charge in [0.2, 0.25) is 5.75 Å². The average molecular weight is 392 g/mol. The zero-order valence-electron chi connectivity index (χ0n) is 15.7. The summed E-state index contributed by atoms with van der Waals surface area (Å²) < 4.78 is 11.7. The number of rotatable bonds is 5. The summed E-state index contributed by atoms with van der Waals surface area (Å²) in [5, 5.41) is 26.9. The molecule has 11 nitrogen and oxygen atoms in total. The van der Waals surface area contributed by atoms with Crippen LogP contribution < -0.4 is 20.3 Å². The number of fused-ring (bicyclic) bond motifs is 1. The van der Waals surface area contributed by atoms with E-state index in [1.807, 2.05) is 0 Å². The molecule has 1 aromatic carbocycles. The van der Waals surface area contributed by atoms with E-state index in [4.69, 9.17) is 9.47 Å². The number of hydrogen-bond donors (Lipinski definition) is 3. The second kappa shape index (κ2) is 6.91. The van der Waals surface area contributed by atoms with Crippen LogP contribution in [0.1, 0.15) is 36.9 Å². The molecule has 28 heavy (non-hydrogen) atoms. The Balaban J connectivity index is 2.33. The van der Waals surface area contributed by atoms with E-state index < -0.39 is 28.3 Å². The van der Waals surface area contributed by atoms with Gasteiger partial charge in [-0.15, -0.1) is 0 Å². The molecule has 0 spiro atoms. The van der Waals surface area contributed by atoms with Gasteiger partial charge in [0.05, 0.1) is 25.7 Å². The normalized spacial score (nSPS) is 18.5.